The summed E-state index contributed by atoms with van der Waals surface area (Å²) in [5.74, 6) is 0. The van der Waals surface area contributed by atoms with E-state index in [1.54, 1.807) is 0 Å². The maximum Gasteiger partial charge on any atom is 0.0543 e. The summed E-state index contributed by atoms with van der Waals surface area (Å²) >= 11 is 0. The fourth-order valence-electron chi connectivity index (χ4n) is 7.03. The lowest BCUT2D eigenvalue weighted by Gasteiger charge is -2.30. The van der Waals surface area contributed by atoms with Crippen LogP contribution in [-0.4, -0.2) is 0 Å². The first-order chi connectivity index (χ1) is 21.6. The number of hydrogen-bond acceptors (Lipinski definition) is 1. The zero-order valence-electron chi connectivity index (χ0n) is 25.0. The Hall–Kier alpha value is -5.40. The number of nitrogens with zero attached hydrogens (tertiary/aromatic N) is 1. The highest BCUT2D eigenvalue weighted by Crippen LogP contribution is 2.54. The van der Waals surface area contributed by atoms with Crippen LogP contribution in [0.5, 0.6) is 0 Å². The minimum absolute atomic E-state index is 0.0796. The Bertz CT molecular complexity index is 2140. The highest BCUT2D eigenvalue weighted by Gasteiger charge is 2.37. The first kappa shape index (κ1) is 26.2. The van der Waals surface area contributed by atoms with Crippen LogP contribution in [0.4, 0.5) is 17.1 Å². The average Bonchev–Trinajstić information content (AvgIpc) is 3.32. The molecule has 7 aromatic carbocycles. The molecule has 0 saturated carbocycles. The van der Waals surface area contributed by atoms with Crippen molar-refractivity contribution in [1.82, 2.24) is 0 Å². The molecular weight excluding hydrogens is 530 g/mol. The van der Waals surface area contributed by atoms with Gasteiger partial charge in [-0.15, -0.1) is 0 Å². The first-order valence-corrected chi connectivity index (χ1v) is 15.4. The standard InChI is InChI=1S/C43H33N/c1-43(2)38-19-10-8-18-37(38)42-39(43)20-12-22-41(42)44(35-28-27-31-15-6-7-16-34(31)29-35)40-21-11-9-17-36(40)33-25-23-32(24-26-33)30-13-4-3-5-14-30/h3-29H,1-2H3. The fourth-order valence-corrected chi connectivity index (χ4v) is 7.03. The van der Waals surface area contributed by atoms with Crippen LogP contribution in [0.3, 0.4) is 0 Å². The summed E-state index contributed by atoms with van der Waals surface area (Å²) in [6, 6.07) is 59.6. The number of para-hydroxylation sites is 1. The van der Waals surface area contributed by atoms with Crippen molar-refractivity contribution in [2.24, 2.45) is 0 Å². The monoisotopic (exact) mass is 563 g/mol. The number of hydrogen-bond donors (Lipinski definition) is 0. The van der Waals surface area contributed by atoms with Crippen molar-refractivity contribution in [3.05, 3.63) is 175 Å². The van der Waals surface area contributed by atoms with Crippen molar-refractivity contribution in [2.45, 2.75) is 19.3 Å². The van der Waals surface area contributed by atoms with Crippen LogP contribution < -0.4 is 4.90 Å². The van der Waals surface area contributed by atoms with E-state index >= 15 is 0 Å². The quantitative estimate of drug-likeness (QED) is 0.201. The summed E-state index contributed by atoms with van der Waals surface area (Å²) in [4.78, 5) is 2.48. The molecule has 0 aromatic heterocycles. The van der Waals surface area contributed by atoms with Gasteiger partial charge in [-0.3, -0.25) is 0 Å². The molecule has 1 heteroatoms. The second-order valence-corrected chi connectivity index (χ2v) is 12.2. The molecule has 0 fully saturated rings. The summed E-state index contributed by atoms with van der Waals surface area (Å²) < 4.78 is 0. The molecule has 0 saturated heterocycles. The minimum atomic E-state index is -0.0796. The summed E-state index contributed by atoms with van der Waals surface area (Å²) in [6.07, 6.45) is 0. The van der Waals surface area contributed by atoms with Crippen molar-refractivity contribution in [3.63, 3.8) is 0 Å². The van der Waals surface area contributed by atoms with Gasteiger partial charge in [0, 0.05) is 22.2 Å². The molecule has 0 N–H and O–H groups in total. The Morgan fingerprint density at radius 1 is 0.409 bits per heavy atom. The van der Waals surface area contributed by atoms with Crippen LogP contribution >= 0.6 is 0 Å². The summed E-state index contributed by atoms with van der Waals surface area (Å²) in [5, 5.41) is 2.47. The van der Waals surface area contributed by atoms with Gasteiger partial charge in [-0.05, 0) is 68.4 Å². The molecule has 0 bridgehead atoms. The smallest absolute Gasteiger partial charge is 0.0543 e. The average molecular weight is 564 g/mol. The van der Waals surface area contributed by atoms with Crippen LogP contribution in [0.25, 0.3) is 44.2 Å². The normalized spacial score (nSPS) is 13.0. The molecule has 1 aliphatic rings. The van der Waals surface area contributed by atoms with Gasteiger partial charge >= 0.3 is 0 Å². The molecule has 210 valence electrons. The van der Waals surface area contributed by atoms with E-state index < -0.39 is 0 Å². The van der Waals surface area contributed by atoms with Gasteiger partial charge in [-0.1, -0.05) is 153 Å². The van der Waals surface area contributed by atoms with E-state index in [0.717, 1.165) is 11.4 Å². The first-order valence-electron chi connectivity index (χ1n) is 15.4. The summed E-state index contributed by atoms with van der Waals surface area (Å²) in [6.45, 7) is 4.70. The molecule has 1 aliphatic carbocycles. The Labute approximate surface area is 259 Å². The van der Waals surface area contributed by atoms with E-state index in [1.165, 1.54) is 61.0 Å². The molecule has 0 aliphatic heterocycles. The molecule has 7 aromatic rings. The minimum Gasteiger partial charge on any atom is -0.309 e. The largest absolute Gasteiger partial charge is 0.309 e. The lowest BCUT2D eigenvalue weighted by Crippen LogP contribution is -2.16. The van der Waals surface area contributed by atoms with Gasteiger partial charge in [0.05, 0.1) is 11.4 Å². The Kier molecular flexibility index (Phi) is 6.20. The summed E-state index contributed by atoms with van der Waals surface area (Å²) in [7, 11) is 0. The van der Waals surface area contributed by atoms with Gasteiger partial charge < -0.3 is 4.90 Å². The van der Waals surface area contributed by atoms with Crippen LogP contribution in [0.2, 0.25) is 0 Å². The second-order valence-electron chi connectivity index (χ2n) is 12.2. The van der Waals surface area contributed by atoms with E-state index in [9.17, 15) is 0 Å². The lowest BCUT2D eigenvalue weighted by atomic mass is 9.82. The van der Waals surface area contributed by atoms with Gasteiger partial charge in [0.2, 0.25) is 0 Å². The van der Waals surface area contributed by atoms with Gasteiger partial charge in [0.15, 0.2) is 0 Å². The van der Waals surface area contributed by atoms with Crippen molar-refractivity contribution in [1.29, 1.82) is 0 Å². The number of anilines is 3. The third kappa shape index (κ3) is 4.24. The number of fused-ring (bicyclic) bond motifs is 4. The van der Waals surface area contributed by atoms with Crippen LogP contribution in [-0.2, 0) is 5.41 Å². The highest BCUT2D eigenvalue weighted by atomic mass is 15.1. The summed E-state index contributed by atoms with van der Waals surface area (Å²) in [5.41, 5.74) is 13.6. The highest BCUT2D eigenvalue weighted by molar-refractivity contribution is 5.99. The predicted molar refractivity (Wildman–Crippen MR) is 187 cm³/mol. The molecule has 0 amide bonds. The topological polar surface area (TPSA) is 3.24 Å². The van der Waals surface area contributed by atoms with E-state index in [2.05, 4.69) is 183 Å². The van der Waals surface area contributed by atoms with Crippen molar-refractivity contribution >= 4 is 27.8 Å². The molecule has 44 heavy (non-hydrogen) atoms. The van der Waals surface area contributed by atoms with Gasteiger partial charge in [-0.2, -0.15) is 0 Å². The maximum absolute atomic E-state index is 2.48. The molecule has 0 heterocycles. The predicted octanol–water partition coefficient (Wildman–Crippen LogP) is 11.9. The molecule has 0 spiro atoms. The zero-order chi connectivity index (χ0) is 29.7. The molecule has 0 unspecified atom stereocenters. The zero-order valence-corrected chi connectivity index (χ0v) is 25.0. The maximum atomic E-state index is 2.48. The Morgan fingerprint density at radius 3 is 1.82 bits per heavy atom. The van der Waals surface area contributed by atoms with Crippen molar-refractivity contribution in [2.75, 3.05) is 4.90 Å². The number of rotatable bonds is 5. The van der Waals surface area contributed by atoms with Gasteiger partial charge in [-0.25, -0.2) is 0 Å². The third-order valence-corrected chi connectivity index (χ3v) is 9.27. The number of benzene rings is 7. The SMILES string of the molecule is CC1(C)c2ccccc2-c2c(N(c3ccc4ccccc4c3)c3ccccc3-c3ccc(-c4ccccc4)cc3)cccc21. The van der Waals surface area contributed by atoms with Crippen LogP contribution in [0, 0.1) is 0 Å². The van der Waals surface area contributed by atoms with Gasteiger partial charge in [0.1, 0.15) is 0 Å². The van der Waals surface area contributed by atoms with Crippen LogP contribution in [0.1, 0.15) is 25.0 Å². The van der Waals surface area contributed by atoms with Crippen LogP contribution in [0.15, 0.2) is 164 Å². The van der Waals surface area contributed by atoms with Gasteiger partial charge in [0.25, 0.3) is 0 Å². The lowest BCUT2D eigenvalue weighted by molar-refractivity contribution is 0.660. The third-order valence-electron chi connectivity index (χ3n) is 9.27. The molecule has 0 atom stereocenters. The van der Waals surface area contributed by atoms with E-state index in [4.69, 9.17) is 0 Å². The van der Waals surface area contributed by atoms with E-state index in [-0.39, 0.29) is 5.41 Å². The Morgan fingerprint density at radius 2 is 1.00 bits per heavy atom. The fraction of sp³-hybridized carbons (Fsp3) is 0.0698. The van der Waals surface area contributed by atoms with E-state index in [1.807, 2.05) is 0 Å². The van der Waals surface area contributed by atoms with E-state index in [0.29, 0.717) is 0 Å². The molecular formula is C43H33N. The second kappa shape index (κ2) is 10.4. The van der Waals surface area contributed by atoms with Crippen molar-refractivity contribution in [3.8, 4) is 33.4 Å². The molecule has 8 rings (SSSR count). The molecule has 1 nitrogen and oxygen atoms in total. The Balaban J connectivity index is 1.36. The van der Waals surface area contributed by atoms with Crippen molar-refractivity contribution < 1.29 is 0 Å². The molecule has 0 radical (unpaired) electrons.